The van der Waals surface area contributed by atoms with Crippen LogP contribution in [0.3, 0.4) is 0 Å². The Morgan fingerprint density at radius 3 is 2.61 bits per heavy atom. The zero-order chi connectivity index (χ0) is 13.8. The molecule has 0 unspecified atom stereocenters. The number of rotatable bonds is 1. The van der Waals surface area contributed by atoms with Gasteiger partial charge in [-0.1, -0.05) is 11.8 Å². The lowest BCUT2D eigenvalue weighted by Crippen LogP contribution is -2.40. The normalized spacial score (nSPS) is 10.5. The van der Waals surface area contributed by atoms with Crippen molar-refractivity contribution in [2.75, 3.05) is 6.54 Å². The molecule has 0 radical (unpaired) electrons. The van der Waals surface area contributed by atoms with Crippen molar-refractivity contribution in [3.8, 4) is 11.8 Å². The van der Waals surface area contributed by atoms with Gasteiger partial charge in [0.15, 0.2) is 0 Å². The fourth-order valence-corrected chi connectivity index (χ4v) is 1.34. The largest absolute Gasteiger partial charge is 0.347 e. The second kappa shape index (κ2) is 5.65. The molecule has 0 aliphatic carbocycles. The number of hydrogen-bond acceptors (Lipinski definition) is 2. The third-order valence-electron chi connectivity index (χ3n) is 2.04. The SMILES string of the molecule is CC(C)(C)NC(=O)c1ccc(C#CCN)cc1F. The first-order valence-corrected chi connectivity index (χ1v) is 5.64. The summed E-state index contributed by atoms with van der Waals surface area (Å²) >= 11 is 0. The van der Waals surface area contributed by atoms with Crippen LogP contribution in [0.5, 0.6) is 0 Å². The molecule has 1 amide bonds. The first-order chi connectivity index (χ1) is 8.33. The summed E-state index contributed by atoms with van der Waals surface area (Å²) in [6.07, 6.45) is 0. The molecule has 0 atom stereocenters. The molecule has 1 aromatic rings. The summed E-state index contributed by atoms with van der Waals surface area (Å²) in [5.74, 6) is 4.33. The van der Waals surface area contributed by atoms with Crippen LogP contribution in [-0.4, -0.2) is 18.0 Å². The van der Waals surface area contributed by atoms with Gasteiger partial charge in [-0.3, -0.25) is 4.79 Å². The molecule has 0 aliphatic rings. The second-order valence-electron chi connectivity index (χ2n) is 4.90. The third kappa shape index (κ3) is 4.19. The van der Waals surface area contributed by atoms with Gasteiger partial charge in [0, 0.05) is 11.1 Å². The molecule has 1 aromatic carbocycles. The average Bonchev–Trinajstić information content (AvgIpc) is 2.23. The molecule has 0 aromatic heterocycles. The van der Waals surface area contributed by atoms with E-state index in [1.165, 1.54) is 12.1 Å². The number of nitrogens with one attached hydrogen (secondary N) is 1. The van der Waals surface area contributed by atoms with Crippen LogP contribution in [0, 0.1) is 17.7 Å². The molecule has 1 rings (SSSR count). The minimum atomic E-state index is -0.583. The van der Waals surface area contributed by atoms with E-state index in [1.54, 1.807) is 6.07 Å². The zero-order valence-electron chi connectivity index (χ0n) is 10.8. The van der Waals surface area contributed by atoms with E-state index in [1.807, 2.05) is 20.8 Å². The Morgan fingerprint density at radius 2 is 2.11 bits per heavy atom. The van der Waals surface area contributed by atoms with Crippen LogP contribution >= 0.6 is 0 Å². The summed E-state index contributed by atoms with van der Waals surface area (Å²) in [4.78, 5) is 11.8. The lowest BCUT2D eigenvalue weighted by atomic mass is 10.1. The predicted molar refractivity (Wildman–Crippen MR) is 69.6 cm³/mol. The highest BCUT2D eigenvalue weighted by atomic mass is 19.1. The Balaban J connectivity index is 2.95. The van der Waals surface area contributed by atoms with Crippen molar-refractivity contribution in [2.24, 2.45) is 5.73 Å². The number of nitrogens with two attached hydrogens (primary N) is 1. The van der Waals surface area contributed by atoms with Gasteiger partial charge in [-0.05, 0) is 39.0 Å². The van der Waals surface area contributed by atoms with E-state index in [0.717, 1.165) is 0 Å². The molecule has 0 saturated heterocycles. The maximum absolute atomic E-state index is 13.7. The highest BCUT2D eigenvalue weighted by Crippen LogP contribution is 2.11. The van der Waals surface area contributed by atoms with E-state index < -0.39 is 17.3 Å². The van der Waals surface area contributed by atoms with Gasteiger partial charge in [0.1, 0.15) is 5.82 Å². The molecule has 4 heteroatoms. The Kier molecular flexibility index (Phi) is 4.46. The van der Waals surface area contributed by atoms with Crippen molar-refractivity contribution < 1.29 is 9.18 Å². The predicted octanol–water partition coefficient (Wildman–Crippen LogP) is 1.66. The van der Waals surface area contributed by atoms with Crippen LogP contribution in [-0.2, 0) is 0 Å². The summed E-state index contributed by atoms with van der Waals surface area (Å²) < 4.78 is 13.7. The van der Waals surface area contributed by atoms with Gasteiger partial charge in [-0.25, -0.2) is 4.39 Å². The van der Waals surface area contributed by atoms with Gasteiger partial charge in [-0.15, -0.1) is 0 Å². The van der Waals surface area contributed by atoms with Crippen LogP contribution < -0.4 is 11.1 Å². The standard InChI is InChI=1S/C14H17FN2O/c1-14(2,3)17-13(18)11-7-6-10(5-4-8-16)9-12(11)15/h6-7,9H,8,16H2,1-3H3,(H,17,18). The fourth-order valence-electron chi connectivity index (χ4n) is 1.34. The van der Waals surface area contributed by atoms with Gasteiger partial charge in [0.25, 0.3) is 5.91 Å². The van der Waals surface area contributed by atoms with Crippen molar-refractivity contribution in [1.29, 1.82) is 0 Å². The summed E-state index contributed by atoms with van der Waals surface area (Å²) in [6.45, 7) is 5.73. The third-order valence-corrected chi connectivity index (χ3v) is 2.04. The van der Waals surface area contributed by atoms with Gasteiger partial charge in [0.05, 0.1) is 12.1 Å². The van der Waals surface area contributed by atoms with Crippen LogP contribution in [0.1, 0.15) is 36.7 Å². The summed E-state index contributed by atoms with van der Waals surface area (Å²) in [5, 5.41) is 2.70. The Hall–Kier alpha value is -1.86. The highest BCUT2D eigenvalue weighted by molar-refractivity contribution is 5.95. The van der Waals surface area contributed by atoms with Crippen LogP contribution in [0.25, 0.3) is 0 Å². The van der Waals surface area contributed by atoms with Gasteiger partial charge in [-0.2, -0.15) is 0 Å². The van der Waals surface area contributed by atoms with E-state index in [0.29, 0.717) is 5.56 Å². The maximum Gasteiger partial charge on any atom is 0.254 e. The lowest BCUT2D eigenvalue weighted by molar-refractivity contribution is 0.0915. The molecule has 0 fully saturated rings. The minimum absolute atomic E-state index is 0.0169. The molecule has 0 saturated carbocycles. The van der Waals surface area contributed by atoms with Gasteiger partial charge < -0.3 is 11.1 Å². The van der Waals surface area contributed by atoms with Crippen molar-refractivity contribution >= 4 is 5.91 Å². The molecule has 0 heterocycles. The van der Waals surface area contributed by atoms with Crippen molar-refractivity contribution in [2.45, 2.75) is 26.3 Å². The number of halogens is 1. The molecule has 18 heavy (non-hydrogen) atoms. The van der Waals surface area contributed by atoms with Crippen LogP contribution in [0.15, 0.2) is 18.2 Å². The number of benzene rings is 1. The first-order valence-electron chi connectivity index (χ1n) is 5.64. The smallest absolute Gasteiger partial charge is 0.254 e. The first kappa shape index (κ1) is 14.2. The van der Waals surface area contributed by atoms with E-state index in [4.69, 9.17) is 5.73 Å². The second-order valence-corrected chi connectivity index (χ2v) is 4.90. The maximum atomic E-state index is 13.7. The Labute approximate surface area is 107 Å². The molecule has 0 aliphatic heterocycles. The fraction of sp³-hybridized carbons (Fsp3) is 0.357. The monoisotopic (exact) mass is 248 g/mol. The number of hydrogen-bond donors (Lipinski definition) is 2. The number of amides is 1. The van der Waals surface area contributed by atoms with Crippen molar-refractivity contribution in [1.82, 2.24) is 5.32 Å². The van der Waals surface area contributed by atoms with Gasteiger partial charge in [0.2, 0.25) is 0 Å². The van der Waals surface area contributed by atoms with E-state index in [2.05, 4.69) is 17.2 Å². The van der Waals surface area contributed by atoms with E-state index in [9.17, 15) is 9.18 Å². The molecule has 3 nitrogen and oxygen atoms in total. The average molecular weight is 248 g/mol. The quantitative estimate of drug-likeness (QED) is 0.743. The Morgan fingerprint density at radius 1 is 1.44 bits per heavy atom. The Bertz CT molecular complexity index is 507. The summed E-state index contributed by atoms with van der Waals surface area (Å²) in [6, 6.07) is 4.26. The van der Waals surface area contributed by atoms with Crippen molar-refractivity contribution in [3.05, 3.63) is 35.1 Å². The molecule has 3 N–H and O–H groups in total. The molecular formula is C14H17FN2O. The number of carbonyl (C=O) groups is 1. The summed E-state index contributed by atoms with van der Waals surface area (Å²) in [5.41, 5.74) is 5.35. The van der Waals surface area contributed by atoms with E-state index in [-0.39, 0.29) is 12.1 Å². The molecule has 0 bridgehead atoms. The lowest BCUT2D eigenvalue weighted by Gasteiger charge is -2.20. The van der Waals surface area contributed by atoms with Crippen LogP contribution in [0.4, 0.5) is 4.39 Å². The van der Waals surface area contributed by atoms with E-state index >= 15 is 0 Å². The van der Waals surface area contributed by atoms with Gasteiger partial charge >= 0.3 is 0 Å². The molecule has 0 spiro atoms. The summed E-state index contributed by atoms with van der Waals surface area (Å²) in [7, 11) is 0. The highest BCUT2D eigenvalue weighted by Gasteiger charge is 2.18. The molecular weight excluding hydrogens is 231 g/mol. The van der Waals surface area contributed by atoms with Crippen molar-refractivity contribution in [3.63, 3.8) is 0 Å². The zero-order valence-corrected chi connectivity index (χ0v) is 10.8. The topological polar surface area (TPSA) is 55.1 Å². The minimum Gasteiger partial charge on any atom is -0.347 e. The van der Waals surface area contributed by atoms with Crippen LogP contribution in [0.2, 0.25) is 0 Å². The molecule has 96 valence electrons. The number of carbonyl (C=O) groups excluding carboxylic acids is 1.